The molecule has 1 fully saturated rings. The first-order valence-corrected chi connectivity index (χ1v) is 7.70. The van der Waals surface area contributed by atoms with E-state index >= 15 is 0 Å². The summed E-state index contributed by atoms with van der Waals surface area (Å²) >= 11 is 0. The number of piperidine rings is 1. The van der Waals surface area contributed by atoms with Crippen LogP contribution in [0, 0.1) is 11.8 Å². The second kappa shape index (κ2) is 8.54. The molecule has 3 unspecified atom stereocenters. The van der Waals surface area contributed by atoms with Gasteiger partial charge in [-0.15, -0.1) is 0 Å². The van der Waals surface area contributed by atoms with Crippen LogP contribution < -0.4 is 5.32 Å². The van der Waals surface area contributed by atoms with E-state index in [0.717, 1.165) is 38.5 Å². The van der Waals surface area contributed by atoms with Gasteiger partial charge in [-0.2, -0.15) is 0 Å². The van der Waals surface area contributed by atoms with Crippen molar-refractivity contribution in [2.45, 2.75) is 46.6 Å². The number of nitrogens with zero attached hydrogens (tertiary/aromatic N) is 1. The molecule has 0 saturated carbocycles. The van der Waals surface area contributed by atoms with Crippen LogP contribution in [-0.2, 0) is 9.53 Å². The van der Waals surface area contributed by atoms with E-state index in [2.05, 4.69) is 31.0 Å². The fraction of sp³-hybridized carbons (Fsp3) is 0.933. The molecule has 4 heteroatoms. The minimum absolute atomic E-state index is 0.109. The van der Waals surface area contributed by atoms with Crippen LogP contribution in [0.4, 0.5) is 0 Å². The Balaban J connectivity index is 2.49. The highest BCUT2D eigenvalue weighted by atomic mass is 16.5. The number of hydrogen-bond donors (Lipinski definition) is 1. The first-order chi connectivity index (χ1) is 9.08. The van der Waals surface area contributed by atoms with Crippen molar-refractivity contribution in [2.24, 2.45) is 11.8 Å². The Labute approximate surface area is 117 Å². The zero-order chi connectivity index (χ0) is 14.3. The van der Waals surface area contributed by atoms with E-state index in [-0.39, 0.29) is 12.0 Å². The van der Waals surface area contributed by atoms with Crippen molar-refractivity contribution in [2.75, 3.05) is 32.8 Å². The quantitative estimate of drug-likeness (QED) is 0.717. The van der Waals surface area contributed by atoms with Crippen LogP contribution >= 0.6 is 0 Å². The summed E-state index contributed by atoms with van der Waals surface area (Å²) in [6.07, 6.45) is 2.26. The van der Waals surface area contributed by atoms with Crippen LogP contribution in [0.2, 0.25) is 0 Å². The number of likely N-dealkylation sites (tertiary alicyclic amines) is 1. The molecule has 1 saturated heterocycles. The highest BCUT2D eigenvalue weighted by Gasteiger charge is 2.27. The maximum absolute atomic E-state index is 12.0. The lowest BCUT2D eigenvalue weighted by Gasteiger charge is -2.36. The lowest BCUT2D eigenvalue weighted by molar-refractivity contribution is -0.146. The van der Waals surface area contributed by atoms with Gasteiger partial charge in [0, 0.05) is 13.1 Å². The van der Waals surface area contributed by atoms with E-state index in [1.54, 1.807) is 0 Å². The minimum atomic E-state index is -0.180. The zero-order valence-electron chi connectivity index (χ0n) is 12.9. The summed E-state index contributed by atoms with van der Waals surface area (Å²) in [4.78, 5) is 14.4. The fourth-order valence-electron chi connectivity index (χ4n) is 2.56. The highest BCUT2D eigenvalue weighted by Crippen LogP contribution is 2.22. The van der Waals surface area contributed by atoms with Gasteiger partial charge in [-0.25, -0.2) is 0 Å². The lowest BCUT2D eigenvalue weighted by atomic mass is 9.88. The van der Waals surface area contributed by atoms with Gasteiger partial charge >= 0.3 is 5.97 Å². The maximum Gasteiger partial charge on any atom is 0.324 e. The predicted molar refractivity (Wildman–Crippen MR) is 78.1 cm³/mol. The molecule has 1 N–H and O–H groups in total. The van der Waals surface area contributed by atoms with Gasteiger partial charge in [0.25, 0.3) is 0 Å². The largest absolute Gasteiger partial charge is 0.465 e. The Hall–Kier alpha value is -0.610. The Morgan fingerprint density at radius 1 is 1.37 bits per heavy atom. The SMILES string of the molecule is CCCNC(CN1CCC(C)C(C)C1)C(=O)OCC. The third-order valence-electron chi connectivity index (χ3n) is 4.07. The molecule has 0 aromatic carbocycles. The normalized spacial score (nSPS) is 26.1. The number of rotatable bonds is 7. The van der Waals surface area contributed by atoms with Crippen LogP contribution in [-0.4, -0.2) is 49.7 Å². The lowest BCUT2D eigenvalue weighted by Crippen LogP contribution is -2.50. The van der Waals surface area contributed by atoms with E-state index in [4.69, 9.17) is 4.74 Å². The molecule has 19 heavy (non-hydrogen) atoms. The van der Waals surface area contributed by atoms with Crippen LogP contribution in [0.15, 0.2) is 0 Å². The van der Waals surface area contributed by atoms with Gasteiger partial charge in [-0.3, -0.25) is 4.79 Å². The maximum atomic E-state index is 12.0. The van der Waals surface area contributed by atoms with Gasteiger partial charge in [0.15, 0.2) is 0 Å². The average molecular weight is 270 g/mol. The molecule has 0 bridgehead atoms. The second-order valence-electron chi connectivity index (χ2n) is 5.76. The van der Waals surface area contributed by atoms with Crippen LogP contribution in [0.3, 0.4) is 0 Å². The number of hydrogen-bond acceptors (Lipinski definition) is 4. The molecule has 112 valence electrons. The number of ether oxygens (including phenoxy) is 1. The molecule has 3 atom stereocenters. The fourth-order valence-corrected chi connectivity index (χ4v) is 2.56. The molecular weight excluding hydrogens is 240 g/mol. The molecule has 0 aromatic heterocycles. The number of esters is 1. The first kappa shape index (κ1) is 16.4. The molecule has 1 heterocycles. The molecule has 0 spiro atoms. The van der Waals surface area contributed by atoms with Crippen LogP contribution in [0.25, 0.3) is 0 Å². The molecule has 4 nitrogen and oxygen atoms in total. The zero-order valence-corrected chi connectivity index (χ0v) is 12.9. The number of nitrogens with one attached hydrogen (secondary N) is 1. The van der Waals surface area contributed by atoms with E-state index in [1.165, 1.54) is 6.42 Å². The smallest absolute Gasteiger partial charge is 0.324 e. The summed E-state index contributed by atoms with van der Waals surface area (Å²) in [5.41, 5.74) is 0. The Morgan fingerprint density at radius 2 is 2.11 bits per heavy atom. The molecular formula is C15H30N2O2. The van der Waals surface area contributed by atoms with Gasteiger partial charge < -0.3 is 15.0 Å². The van der Waals surface area contributed by atoms with Crippen molar-refractivity contribution in [3.05, 3.63) is 0 Å². The molecule has 0 radical (unpaired) electrons. The number of carbonyl (C=O) groups is 1. The number of carbonyl (C=O) groups excluding carboxylic acids is 1. The Morgan fingerprint density at radius 3 is 2.68 bits per heavy atom. The Kier molecular flexibility index (Phi) is 7.39. The van der Waals surface area contributed by atoms with Crippen molar-refractivity contribution in [3.8, 4) is 0 Å². The third-order valence-corrected chi connectivity index (χ3v) is 4.07. The Bertz CT molecular complexity index is 271. The van der Waals surface area contributed by atoms with Crippen molar-refractivity contribution in [1.82, 2.24) is 10.2 Å². The highest BCUT2D eigenvalue weighted by molar-refractivity contribution is 5.76. The van der Waals surface area contributed by atoms with Gasteiger partial charge in [-0.1, -0.05) is 20.8 Å². The first-order valence-electron chi connectivity index (χ1n) is 7.70. The van der Waals surface area contributed by atoms with Crippen LogP contribution in [0.5, 0.6) is 0 Å². The van der Waals surface area contributed by atoms with Crippen LogP contribution in [0.1, 0.15) is 40.5 Å². The molecule has 0 amide bonds. The molecule has 1 aliphatic heterocycles. The van der Waals surface area contributed by atoms with E-state index in [1.807, 2.05) is 6.92 Å². The van der Waals surface area contributed by atoms with E-state index in [9.17, 15) is 4.79 Å². The van der Waals surface area contributed by atoms with Gasteiger partial charge in [-0.05, 0) is 44.7 Å². The summed E-state index contributed by atoms with van der Waals surface area (Å²) in [7, 11) is 0. The van der Waals surface area contributed by atoms with Crippen molar-refractivity contribution >= 4 is 5.97 Å². The van der Waals surface area contributed by atoms with Crippen molar-refractivity contribution < 1.29 is 9.53 Å². The average Bonchev–Trinajstić information content (AvgIpc) is 2.39. The van der Waals surface area contributed by atoms with Crippen molar-refractivity contribution in [1.29, 1.82) is 0 Å². The molecule has 0 aromatic rings. The second-order valence-corrected chi connectivity index (χ2v) is 5.76. The van der Waals surface area contributed by atoms with Gasteiger partial charge in [0.2, 0.25) is 0 Å². The van der Waals surface area contributed by atoms with E-state index < -0.39 is 0 Å². The topological polar surface area (TPSA) is 41.6 Å². The predicted octanol–water partition coefficient (Wildman–Crippen LogP) is 1.90. The van der Waals surface area contributed by atoms with Crippen molar-refractivity contribution in [3.63, 3.8) is 0 Å². The third kappa shape index (κ3) is 5.49. The molecule has 1 aliphatic rings. The molecule has 1 rings (SSSR count). The summed E-state index contributed by atoms with van der Waals surface area (Å²) in [5, 5.41) is 3.31. The minimum Gasteiger partial charge on any atom is -0.465 e. The van der Waals surface area contributed by atoms with Gasteiger partial charge in [0.1, 0.15) is 6.04 Å². The summed E-state index contributed by atoms with van der Waals surface area (Å²) in [5.74, 6) is 1.39. The monoisotopic (exact) mass is 270 g/mol. The summed E-state index contributed by atoms with van der Waals surface area (Å²) in [6, 6.07) is -0.180. The summed E-state index contributed by atoms with van der Waals surface area (Å²) in [6.45, 7) is 12.9. The van der Waals surface area contributed by atoms with Gasteiger partial charge in [0.05, 0.1) is 6.61 Å². The molecule has 0 aliphatic carbocycles. The van der Waals surface area contributed by atoms with E-state index in [0.29, 0.717) is 12.5 Å². The standard InChI is InChI=1S/C15H30N2O2/c1-5-8-16-14(15(18)19-6-2)11-17-9-7-12(3)13(4)10-17/h12-14,16H,5-11H2,1-4H3. The summed E-state index contributed by atoms with van der Waals surface area (Å²) < 4.78 is 5.16.